The zero-order valence-corrected chi connectivity index (χ0v) is 15.1. The number of benzene rings is 1. The second-order valence-corrected chi connectivity index (χ2v) is 7.11. The minimum absolute atomic E-state index is 0.430. The van der Waals surface area contributed by atoms with E-state index < -0.39 is 6.10 Å². The van der Waals surface area contributed by atoms with E-state index in [1.807, 2.05) is 36.4 Å². The molecule has 2 aliphatic heterocycles. The molecule has 6 nitrogen and oxygen atoms in total. The monoisotopic (exact) mass is 353 g/mol. The van der Waals surface area contributed by atoms with Crippen LogP contribution in [-0.4, -0.2) is 47.8 Å². The number of aliphatic hydroxyl groups excluding tert-OH is 1. The van der Waals surface area contributed by atoms with Crippen molar-refractivity contribution in [1.82, 2.24) is 9.97 Å². The Labute approximate surface area is 154 Å². The van der Waals surface area contributed by atoms with Crippen molar-refractivity contribution in [2.24, 2.45) is 0 Å². The van der Waals surface area contributed by atoms with Crippen LogP contribution in [0.15, 0.2) is 36.4 Å². The summed E-state index contributed by atoms with van der Waals surface area (Å²) >= 11 is 0. The lowest BCUT2D eigenvalue weighted by molar-refractivity contribution is 0.191. The normalized spacial score (nSPS) is 18.3. The Hall–Kier alpha value is -2.34. The quantitative estimate of drug-likeness (QED) is 0.833. The molecule has 0 bridgehead atoms. The molecule has 0 radical (unpaired) electrons. The second-order valence-electron chi connectivity index (χ2n) is 7.11. The molecule has 138 valence electrons. The molecule has 0 aliphatic carbocycles. The molecule has 1 unspecified atom stereocenters. The summed E-state index contributed by atoms with van der Waals surface area (Å²) in [5, 5.41) is 13.7. The van der Waals surface area contributed by atoms with Crippen molar-refractivity contribution < 1.29 is 5.11 Å². The minimum atomic E-state index is -0.559. The molecule has 1 atom stereocenters. The molecule has 2 fully saturated rings. The largest absolute Gasteiger partial charge is 0.387 e. The number of nitrogens with zero attached hydrogens (tertiary/aromatic N) is 4. The van der Waals surface area contributed by atoms with Gasteiger partial charge in [-0.2, -0.15) is 9.97 Å². The third-order valence-corrected chi connectivity index (χ3v) is 5.18. The maximum atomic E-state index is 10.4. The summed E-state index contributed by atoms with van der Waals surface area (Å²) in [6, 6.07) is 11.7. The number of rotatable bonds is 6. The van der Waals surface area contributed by atoms with Gasteiger partial charge < -0.3 is 20.2 Å². The van der Waals surface area contributed by atoms with E-state index in [4.69, 9.17) is 9.97 Å². The molecule has 1 aromatic heterocycles. The molecular formula is C20H27N5O. The van der Waals surface area contributed by atoms with Crippen LogP contribution in [0.5, 0.6) is 0 Å². The van der Waals surface area contributed by atoms with Gasteiger partial charge in [-0.05, 0) is 31.2 Å². The van der Waals surface area contributed by atoms with Gasteiger partial charge in [-0.1, -0.05) is 30.3 Å². The number of aromatic nitrogens is 2. The van der Waals surface area contributed by atoms with Crippen LogP contribution in [0.4, 0.5) is 17.6 Å². The fourth-order valence-electron chi connectivity index (χ4n) is 3.67. The van der Waals surface area contributed by atoms with Crippen LogP contribution in [-0.2, 0) is 0 Å². The van der Waals surface area contributed by atoms with E-state index in [9.17, 15) is 5.11 Å². The second kappa shape index (κ2) is 7.91. The summed E-state index contributed by atoms with van der Waals surface area (Å²) in [7, 11) is 0. The van der Waals surface area contributed by atoms with Crippen molar-refractivity contribution in [2.75, 3.05) is 47.8 Å². The average Bonchev–Trinajstić information content (AvgIpc) is 3.40. The lowest BCUT2D eigenvalue weighted by Gasteiger charge is -2.22. The van der Waals surface area contributed by atoms with Gasteiger partial charge in [0, 0.05) is 38.8 Å². The van der Waals surface area contributed by atoms with Crippen LogP contribution in [0.25, 0.3) is 0 Å². The van der Waals surface area contributed by atoms with Gasteiger partial charge in [0.25, 0.3) is 0 Å². The lowest BCUT2D eigenvalue weighted by Crippen LogP contribution is -2.25. The van der Waals surface area contributed by atoms with Crippen LogP contribution in [0, 0.1) is 0 Å². The summed E-state index contributed by atoms with van der Waals surface area (Å²) < 4.78 is 0. The highest BCUT2D eigenvalue weighted by atomic mass is 16.3. The molecule has 0 spiro atoms. The van der Waals surface area contributed by atoms with Gasteiger partial charge in [0.1, 0.15) is 11.6 Å². The first-order valence-corrected chi connectivity index (χ1v) is 9.65. The number of anilines is 3. The van der Waals surface area contributed by atoms with Crippen molar-refractivity contribution in [3.63, 3.8) is 0 Å². The van der Waals surface area contributed by atoms with E-state index in [2.05, 4.69) is 15.1 Å². The van der Waals surface area contributed by atoms with E-state index >= 15 is 0 Å². The summed E-state index contributed by atoms with van der Waals surface area (Å²) in [4.78, 5) is 14.1. The van der Waals surface area contributed by atoms with Gasteiger partial charge >= 0.3 is 0 Å². The smallest absolute Gasteiger partial charge is 0.229 e. The molecule has 2 N–H and O–H groups in total. The fourth-order valence-corrected chi connectivity index (χ4v) is 3.67. The molecule has 3 heterocycles. The Morgan fingerprint density at radius 3 is 2.27 bits per heavy atom. The molecule has 0 saturated carbocycles. The van der Waals surface area contributed by atoms with Crippen molar-refractivity contribution in [3.05, 3.63) is 42.0 Å². The van der Waals surface area contributed by atoms with Gasteiger partial charge in [-0.3, -0.25) is 0 Å². The predicted molar refractivity (Wildman–Crippen MR) is 105 cm³/mol. The Morgan fingerprint density at radius 1 is 0.923 bits per heavy atom. The summed E-state index contributed by atoms with van der Waals surface area (Å²) in [5.74, 6) is 2.60. The molecule has 4 rings (SSSR count). The van der Waals surface area contributed by atoms with Crippen molar-refractivity contribution >= 4 is 17.6 Å². The van der Waals surface area contributed by atoms with Crippen molar-refractivity contribution in [1.29, 1.82) is 0 Å². The summed E-state index contributed by atoms with van der Waals surface area (Å²) in [6.07, 6.45) is 4.29. The molecule has 1 aromatic carbocycles. The zero-order valence-electron chi connectivity index (χ0n) is 15.1. The van der Waals surface area contributed by atoms with Gasteiger partial charge in [-0.25, -0.2) is 0 Å². The fraction of sp³-hybridized carbons (Fsp3) is 0.500. The molecule has 26 heavy (non-hydrogen) atoms. The van der Waals surface area contributed by atoms with E-state index in [1.54, 1.807) is 0 Å². The highest BCUT2D eigenvalue weighted by Crippen LogP contribution is 2.26. The van der Waals surface area contributed by atoms with Gasteiger partial charge in [0.05, 0.1) is 6.10 Å². The van der Waals surface area contributed by atoms with Gasteiger partial charge in [0.2, 0.25) is 5.95 Å². The molecule has 2 aliphatic rings. The van der Waals surface area contributed by atoms with E-state index in [0.717, 1.165) is 49.3 Å². The SMILES string of the molecule is OC(CNc1cc(N2CCCC2)nc(N2CCCC2)n1)c1ccccc1. The maximum absolute atomic E-state index is 10.4. The first-order chi connectivity index (χ1) is 12.8. The van der Waals surface area contributed by atoms with Crippen LogP contribution >= 0.6 is 0 Å². The van der Waals surface area contributed by atoms with Crippen LogP contribution in [0.3, 0.4) is 0 Å². The standard InChI is InChI=1S/C20H27N5O/c26-17(16-8-2-1-3-9-16)15-21-18-14-19(24-10-4-5-11-24)23-20(22-18)25-12-6-7-13-25/h1-3,8-9,14,17,26H,4-7,10-13,15H2,(H,21,22,23). The van der Waals surface area contributed by atoms with Gasteiger partial charge in [-0.15, -0.1) is 0 Å². The summed E-state index contributed by atoms with van der Waals surface area (Å²) in [6.45, 7) is 4.59. The Kier molecular flexibility index (Phi) is 5.20. The number of aliphatic hydroxyl groups is 1. The Bertz CT molecular complexity index is 677. The highest BCUT2D eigenvalue weighted by molar-refractivity contribution is 5.55. The molecule has 2 saturated heterocycles. The molecule has 2 aromatic rings. The van der Waals surface area contributed by atoms with E-state index in [1.165, 1.54) is 25.7 Å². The Morgan fingerprint density at radius 2 is 1.58 bits per heavy atom. The van der Waals surface area contributed by atoms with Gasteiger partial charge in [0.15, 0.2) is 0 Å². The number of nitrogens with one attached hydrogen (secondary N) is 1. The Balaban J connectivity index is 1.52. The van der Waals surface area contributed by atoms with Crippen LogP contribution < -0.4 is 15.1 Å². The number of hydrogen-bond acceptors (Lipinski definition) is 6. The van der Waals surface area contributed by atoms with Crippen LogP contribution in [0.1, 0.15) is 37.4 Å². The first kappa shape index (κ1) is 17.1. The maximum Gasteiger partial charge on any atom is 0.229 e. The summed E-state index contributed by atoms with van der Waals surface area (Å²) in [5.41, 5.74) is 0.911. The van der Waals surface area contributed by atoms with Crippen LogP contribution in [0.2, 0.25) is 0 Å². The predicted octanol–water partition coefficient (Wildman–Crippen LogP) is 2.82. The van der Waals surface area contributed by atoms with E-state index in [0.29, 0.717) is 6.54 Å². The average molecular weight is 353 g/mol. The third kappa shape index (κ3) is 3.90. The highest BCUT2D eigenvalue weighted by Gasteiger charge is 2.20. The first-order valence-electron chi connectivity index (χ1n) is 9.65. The minimum Gasteiger partial charge on any atom is -0.387 e. The zero-order chi connectivity index (χ0) is 17.8. The molecular weight excluding hydrogens is 326 g/mol. The molecule has 6 heteroatoms. The number of hydrogen-bond donors (Lipinski definition) is 2. The van der Waals surface area contributed by atoms with E-state index in [-0.39, 0.29) is 0 Å². The van der Waals surface area contributed by atoms with Crippen molar-refractivity contribution in [3.8, 4) is 0 Å². The van der Waals surface area contributed by atoms with Crippen molar-refractivity contribution in [2.45, 2.75) is 31.8 Å². The molecule has 0 amide bonds. The lowest BCUT2D eigenvalue weighted by atomic mass is 10.1. The third-order valence-electron chi connectivity index (χ3n) is 5.18. The topological polar surface area (TPSA) is 64.5 Å².